The molecule has 3 nitrogen and oxygen atoms in total. The first-order chi connectivity index (χ1) is 9.76. The first kappa shape index (κ1) is 12.6. The van der Waals surface area contributed by atoms with Gasteiger partial charge in [-0.25, -0.2) is 9.37 Å². The minimum absolute atomic E-state index is 0.324. The van der Waals surface area contributed by atoms with Crippen LogP contribution in [0.15, 0.2) is 54.6 Å². The molecule has 0 spiro atoms. The van der Waals surface area contributed by atoms with Gasteiger partial charge in [-0.05, 0) is 29.7 Å². The molecule has 1 heterocycles. The molecule has 0 saturated carbocycles. The average molecular weight is 268 g/mol. The number of pyridine rings is 1. The maximum absolute atomic E-state index is 13.2. The van der Waals surface area contributed by atoms with E-state index >= 15 is 0 Å². The van der Waals surface area contributed by atoms with Crippen molar-refractivity contribution in [2.75, 3.05) is 0 Å². The van der Waals surface area contributed by atoms with Gasteiger partial charge in [-0.2, -0.15) is 0 Å². The van der Waals surface area contributed by atoms with Crippen LogP contribution >= 0.6 is 0 Å². The smallest absolute Gasteiger partial charge is 0.227 e. The molecule has 100 valence electrons. The summed E-state index contributed by atoms with van der Waals surface area (Å²) >= 11 is 0. The summed E-state index contributed by atoms with van der Waals surface area (Å²) in [6.45, 7) is 0.324. The van der Waals surface area contributed by atoms with Gasteiger partial charge in [0.2, 0.25) is 5.88 Å². The highest BCUT2D eigenvalue weighted by molar-refractivity contribution is 5.87. The van der Waals surface area contributed by atoms with Crippen molar-refractivity contribution in [2.24, 2.45) is 5.73 Å². The zero-order valence-electron chi connectivity index (χ0n) is 10.7. The maximum Gasteiger partial charge on any atom is 0.227 e. The zero-order chi connectivity index (χ0) is 13.9. The highest BCUT2D eigenvalue weighted by Crippen LogP contribution is 2.28. The normalized spacial score (nSPS) is 10.7. The molecule has 0 amide bonds. The van der Waals surface area contributed by atoms with Crippen molar-refractivity contribution in [3.8, 4) is 11.6 Å². The lowest BCUT2D eigenvalue weighted by molar-refractivity contribution is 0.462. The lowest BCUT2D eigenvalue weighted by Gasteiger charge is -2.10. The number of aromatic nitrogens is 1. The largest absolute Gasteiger partial charge is 0.438 e. The number of nitrogens with two attached hydrogens (primary N) is 1. The maximum atomic E-state index is 13.2. The Hall–Kier alpha value is -2.46. The quantitative estimate of drug-likeness (QED) is 0.789. The number of nitrogens with zero attached hydrogens (tertiary/aromatic N) is 1. The van der Waals surface area contributed by atoms with Gasteiger partial charge in [0.25, 0.3) is 0 Å². The first-order valence-corrected chi connectivity index (χ1v) is 6.28. The Bertz CT molecular complexity index is 758. The van der Waals surface area contributed by atoms with Gasteiger partial charge in [0, 0.05) is 18.0 Å². The Balaban J connectivity index is 2.10. The summed E-state index contributed by atoms with van der Waals surface area (Å²) in [4.78, 5) is 4.37. The van der Waals surface area contributed by atoms with Crippen LogP contribution in [-0.2, 0) is 6.54 Å². The van der Waals surface area contributed by atoms with E-state index in [2.05, 4.69) is 4.98 Å². The summed E-state index contributed by atoms with van der Waals surface area (Å²) in [6.07, 6.45) is 0. The molecule has 0 aliphatic heterocycles. The standard InChI is InChI=1S/C16H13FN2O/c17-12-5-3-6-14(9-12)20-16-15-7-2-1-4-11(15)8-13(10-18)19-16/h1-9H,10,18H2. The van der Waals surface area contributed by atoms with Crippen molar-refractivity contribution in [1.29, 1.82) is 0 Å². The topological polar surface area (TPSA) is 48.1 Å². The van der Waals surface area contributed by atoms with E-state index in [1.54, 1.807) is 12.1 Å². The summed E-state index contributed by atoms with van der Waals surface area (Å²) in [7, 11) is 0. The van der Waals surface area contributed by atoms with Crippen LogP contribution in [-0.4, -0.2) is 4.98 Å². The second kappa shape index (κ2) is 5.27. The number of benzene rings is 2. The predicted molar refractivity (Wildman–Crippen MR) is 76.1 cm³/mol. The first-order valence-electron chi connectivity index (χ1n) is 6.28. The van der Waals surface area contributed by atoms with Crippen LogP contribution in [0.3, 0.4) is 0 Å². The lowest BCUT2D eigenvalue weighted by atomic mass is 10.1. The van der Waals surface area contributed by atoms with Crippen LogP contribution in [0.1, 0.15) is 5.69 Å². The molecule has 3 aromatic rings. The third-order valence-electron chi connectivity index (χ3n) is 2.98. The number of rotatable bonds is 3. The molecule has 0 aliphatic carbocycles. The predicted octanol–water partition coefficient (Wildman–Crippen LogP) is 3.62. The highest BCUT2D eigenvalue weighted by atomic mass is 19.1. The van der Waals surface area contributed by atoms with Crippen LogP contribution in [0.25, 0.3) is 10.8 Å². The Morgan fingerprint density at radius 2 is 1.90 bits per heavy atom. The second-order valence-corrected chi connectivity index (χ2v) is 4.40. The fourth-order valence-corrected chi connectivity index (χ4v) is 2.04. The molecule has 2 N–H and O–H groups in total. The lowest BCUT2D eigenvalue weighted by Crippen LogP contribution is -2.01. The molecular formula is C16H13FN2O. The fourth-order valence-electron chi connectivity index (χ4n) is 2.04. The van der Waals surface area contributed by atoms with Gasteiger partial charge in [-0.1, -0.05) is 24.3 Å². The molecule has 2 aromatic carbocycles. The molecule has 0 radical (unpaired) electrons. The SMILES string of the molecule is NCc1cc2ccccc2c(Oc2cccc(F)c2)n1. The highest BCUT2D eigenvalue weighted by Gasteiger charge is 2.08. The van der Waals surface area contributed by atoms with Crippen LogP contribution < -0.4 is 10.5 Å². The summed E-state index contributed by atoms with van der Waals surface area (Å²) in [5.74, 6) is 0.507. The van der Waals surface area contributed by atoms with Crippen molar-refractivity contribution >= 4 is 10.8 Å². The molecular weight excluding hydrogens is 255 g/mol. The van der Waals surface area contributed by atoms with Gasteiger partial charge in [0.1, 0.15) is 11.6 Å². The molecule has 0 aliphatic rings. The molecule has 4 heteroatoms. The van der Waals surface area contributed by atoms with E-state index in [9.17, 15) is 4.39 Å². The van der Waals surface area contributed by atoms with E-state index < -0.39 is 0 Å². The minimum atomic E-state index is -0.346. The number of fused-ring (bicyclic) bond motifs is 1. The van der Waals surface area contributed by atoms with Crippen molar-refractivity contribution in [2.45, 2.75) is 6.54 Å². The van der Waals surface area contributed by atoms with Gasteiger partial charge in [-0.3, -0.25) is 0 Å². The van der Waals surface area contributed by atoms with Gasteiger partial charge < -0.3 is 10.5 Å². The molecule has 0 fully saturated rings. The molecule has 1 aromatic heterocycles. The molecule has 0 unspecified atom stereocenters. The van der Waals surface area contributed by atoms with E-state index in [0.29, 0.717) is 18.2 Å². The summed E-state index contributed by atoms with van der Waals surface area (Å²) in [5.41, 5.74) is 6.38. The Labute approximate surface area is 115 Å². The third-order valence-corrected chi connectivity index (χ3v) is 2.98. The Kier molecular flexibility index (Phi) is 3.31. The van der Waals surface area contributed by atoms with Crippen LogP contribution in [0.2, 0.25) is 0 Å². The molecule has 0 saturated heterocycles. The van der Waals surface area contributed by atoms with Crippen LogP contribution in [0, 0.1) is 5.82 Å². The van der Waals surface area contributed by atoms with E-state index in [-0.39, 0.29) is 5.82 Å². The Morgan fingerprint density at radius 3 is 2.70 bits per heavy atom. The van der Waals surface area contributed by atoms with Crippen molar-refractivity contribution < 1.29 is 9.13 Å². The van der Waals surface area contributed by atoms with Gasteiger partial charge in [0.15, 0.2) is 0 Å². The average Bonchev–Trinajstić information content (AvgIpc) is 2.47. The van der Waals surface area contributed by atoms with Crippen molar-refractivity contribution in [3.63, 3.8) is 0 Å². The third kappa shape index (κ3) is 2.46. The summed E-state index contributed by atoms with van der Waals surface area (Å²) in [5, 5.41) is 1.86. The summed E-state index contributed by atoms with van der Waals surface area (Å²) < 4.78 is 18.9. The van der Waals surface area contributed by atoms with E-state index in [0.717, 1.165) is 16.5 Å². The van der Waals surface area contributed by atoms with Gasteiger partial charge in [-0.15, -0.1) is 0 Å². The molecule has 0 bridgehead atoms. The van der Waals surface area contributed by atoms with Crippen LogP contribution in [0.5, 0.6) is 11.6 Å². The molecule has 3 rings (SSSR count). The van der Waals surface area contributed by atoms with E-state index in [1.165, 1.54) is 12.1 Å². The number of halogens is 1. The van der Waals surface area contributed by atoms with E-state index in [1.807, 2.05) is 30.3 Å². The fraction of sp³-hybridized carbons (Fsp3) is 0.0625. The minimum Gasteiger partial charge on any atom is -0.438 e. The van der Waals surface area contributed by atoms with Crippen molar-refractivity contribution in [1.82, 2.24) is 4.98 Å². The van der Waals surface area contributed by atoms with Crippen molar-refractivity contribution in [3.05, 3.63) is 66.1 Å². The second-order valence-electron chi connectivity index (χ2n) is 4.40. The monoisotopic (exact) mass is 268 g/mol. The van der Waals surface area contributed by atoms with Crippen LogP contribution in [0.4, 0.5) is 4.39 Å². The molecule has 0 atom stereocenters. The summed E-state index contributed by atoms with van der Waals surface area (Å²) in [6, 6.07) is 15.6. The Morgan fingerprint density at radius 1 is 1.05 bits per heavy atom. The zero-order valence-corrected chi connectivity index (χ0v) is 10.7. The molecule has 20 heavy (non-hydrogen) atoms. The number of hydrogen-bond acceptors (Lipinski definition) is 3. The number of hydrogen-bond donors (Lipinski definition) is 1. The number of ether oxygens (including phenoxy) is 1. The van der Waals surface area contributed by atoms with Gasteiger partial charge in [0.05, 0.1) is 5.69 Å². The van der Waals surface area contributed by atoms with E-state index in [4.69, 9.17) is 10.5 Å². The van der Waals surface area contributed by atoms with Gasteiger partial charge >= 0.3 is 0 Å².